The van der Waals surface area contributed by atoms with Gasteiger partial charge in [-0.1, -0.05) is 31.4 Å². The summed E-state index contributed by atoms with van der Waals surface area (Å²) in [5.74, 6) is 0.272. The van der Waals surface area contributed by atoms with Gasteiger partial charge in [0.1, 0.15) is 11.5 Å². The van der Waals surface area contributed by atoms with Crippen molar-refractivity contribution in [3.8, 4) is 11.5 Å². The lowest BCUT2D eigenvalue weighted by Gasteiger charge is -2.10. The van der Waals surface area contributed by atoms with E-state index in [0.29, 0.717) is 12.0 Å². The molecule has 0 aliphatic carbocycles. The van der Waals surface area contributed by atoms with Crippen molar-refractivity contribution in [2.24, 2.45) is 0 Å². The summed E-state index contributed by atoms with van der Waals surface area (Å²) in [5, 5.41) is 29.9. The summed E-state index contributed by atoms with van der Waals surface area (Å²) >= 11 is 0. The van der Waals surface area contributed by atoms with Crippen LogP contribution in [-0.2, 0) is 12.8 Å². The third kappa shape index (κ3) is 7.22. The molecule has 0 radical (unpaired) electrons. The molecular formula is C21H32O3. The summed E-state index contributed by atoms with van der Waals surface area (Å²) < 4.78 is 0. The van der Waals surface area contributed by atoms with Gasteiger partial charge in [0.05, 0.1) is 6.61 Å². The Bertz CT molecular complexity index is 535. The smallest absolute Gasteiger partial charge is 0.123 e. The Balaban J connectivity index is 2.71. The first-order valence-corrected chi connectivity index (χ1v) is 8.94. The molecule has 1 rings (SSSR count). The highest BCUT2D eigenvalue weighted by atomic mass is 16.3. The number of phenolic OH excluding ortho intramolecular Hbond substituents is 2. The number of hydrogen-bond acceptors (Lipinski definition) is 3. The van der Waals surface area contributed by atoms with Crippen LogP contribution < -0.4 is 0 Å². The number of aromatic hydroxyl groups is 2. The van der Waals surface area contributed by atoms with Crippen LogP contribution in [0, 0.1) is 0 Å². The SMILES string of the molecule is C=C(C)CCC/C(=C\Cc1c(O)cc(CCCCC)cc1O)CO. The van der Waals surface area contributed by atoms with Gasteiger partial charge in [-0.3, -0.25) is 0 Å². The standard InChI is InChI=1S/C21H32O3/c1-4-5-6-9-18-13-20(23)19(21(24)14-18)12-11-17(15-22)10-7-8-16(2)3/h11,13-14,22-24H,2,4-10,12,15H2,1,3H3/b17-11+. The zero-order valence-corrected chi connectivity index (χ0v) is 15.1. The molecule has 0 aliphatic rings. The number of aliphatic hydroxyl groups is 1. The maximum Gasteiger partial charge on any atom is 0.123 e. The van der Waals surface area contributed by atoms with E-state index in [-0.39, 0.29) is 18.1 Å². The van der Waals surface area contributed by atoms with E-state index in [1.165, 1.54) is 0 Å². The molecule has 0 aromatic heterocycles. The van der Waals surface area contributed by atoms with E-state index in [1.54, 1.807) is 12.1 Å². The molecule has 3 nitrogen and oxygen atoms in total. The lowest BCUT2D eigenvalue weighted by Crippen LogP contribution is -1.95. The van der Waals surface area contributed by atoms with Crippen molar-refractivity contribution in [2.45, 2.75) is 65.2 Å². The Morgan fingerprint density at radius 2 is 1.75 bits per heavy atom. The van der Waals surface area contributed by atoms with Gasteiger partial charge in [0.15, 0.2) is 0 Å². The van der Waals surface area contributed by atoms with Gasteiger partial charge in [0, 0.05) is 5.56 Å². The lowest BCUT2D eigenvalue weighted by atomic mass is 9.99. The highest BCUT2D eigenvalue weighted by Gasteiger charge is 2.09. The molecule has 0 fully saturated rings. The summed E-state index contributed by atoms with van der Waals surface area (Å²) in [6.07, 6.45) is 9.27. The number of hydrogen-bond donors (Lipinski definition) is 3. The average molecular weight is 332 g/mol. The van der Waals surface area contributed by atoms with Gasteiger partial charge in [-0.05, 0) is 68.7 Å². The highest BCUT2D eigenvalue weighted by molar-refractivity contribution is 5.47. The molecule has 0 heterocycles. The van der Waals surface area contributed by atoms with Crippen LogP contribution in [-0.4, -0.2) is 21.9 Å². The van der Waals surface area contributed by atoms with Crippen LogP contribution in [0.2, 0.25) is 0 Å². The van der Waals surface area contributed by atoms with E-state index < -0.39 is 0 Å². The average Bonchev–Trinajstić information content (AvgIpc) is 2.52. The predicted octanol–water partition coefficient (Wildman–Crippen LogP) is 5.04. The molecule has 3 heteroatoms. The monoisotopic (exact) mass is 332 g/mol. The van der Waals surface area contributed by atoms with Gasteiger partial charge in [-0.2, -0.15) is 0 Å². The fourth-order valence-electron chi connectivity index (χ4n) is 2.74. The maximum absolute atomic E-state index is 10.2. The maximum atomic E-state index is 10.2. The third-order valence-electron chi connectivity index (χ3n) is 4.23. The number of phenols is 2. The second-order valence-corrected chi connectivity index (χ2v) is 6.61. The first-order chi connectivity index (χ1) is 11.5. The number of rotatable bonds is 11. The van der Waals surface area contributed by atoms with Crippen LogP contribution in [0.25, 0.3) is 0 Å². The minimum absolute atomic E-state index is 0.00676. The molecule has 1 aromatic carbocycles. The Morgan fingerprint density at radius 3 is 2.29 bits per heavy atom. The highest BCUT2D eigenvalue weighted by Crippen LogP contribution is 2.30. The van der Waals surface area contributed by atoms with Crippen LogP contribution in [0.15, 0.2) is 35.9 Å². The molecule has 3 N–H and O–H groups in total. The molecule has 0 unspecified atom stereocenters. The molecule has 0 aliphatic heterocycles. The van der Waals surface area contributed by atoms with Crippen molar-refractivity contribution in [1.82, 2.24) is 0 Å². The number of aliphatic hydroxyl groups excluding tert-OH is 1. The number of allylic oxidation sites excluding steroid dienone is 2. The van der Waals surface area contributed by atoms with E-state index in [2.05, 4.69) is 13.5 Å². The van der Waals surface area contributed by atoms with Crippen LogP contribution in [0.3, 0.4) is 0 Å². The van der Waals surface area contributed by atoms with Crippen LogP contribution in [0.5, 0.6) is 11.5 Å². The largest absolute Gasteiger partial charge is 0.508 e. The van der Waals surface area contributed by atoms with E-state index in [0.717, 1.165) is 61.7 Å². The van der Waals surface area contributed by atoms with Crippen molar-refractivity contribution in [1.29, 1.82) is 0 Å². The van der Waals surface area contributed by atoms with E-state index in [4.69, 9.17) is 0 Å². The number of aryl methyl sites for hydroxylation is 1. The zero-order valence-electron chi connectivity index (χ0n) is 15.1. The molecular weight excluding hydrogens is 300 g/mol. The van der Waals surface area contributed by atoms with Gasteiger partial charge >= 0.3 is 0 Å². The van der Waals surface area contributed by atoms with Crippen molar-refractivity contribution in [3.63, 3.8) is 0 Å². The Morgan fingerprint density at radius 1 is 1.08 bits per heavy atom. The summed E-state index contributed by atoms with van der Waals surface area (Å²) in [5.41, 5.74) is 3.57. The third-order valence-corrected chi connectivity index (χ3v) is 4.23. The van der Waals surface area contributed by atoms with Crippen LogP contribution >= 0.6 is 0 Å². The second-order valence-electron chi connectivity index (χ2n) is 6.61. The lowest BCUT2D eigenvalue weighted by molar-refractivity contribution is 0.325. The van der Waals surface area contributed by atoms with Crippen molar-refractivity contribution < 1.29 is 15.3 Å². The van der Waals surface area contributed by atoms with Crippen molar-refractivity contribution in [3.05, 3.63) is 47.1 Å². The minimum atomic E-state index is 0.00676. The fraction of sp³-hybridized carbons (Fsp3) is 0.524. The van der Waals surface area contributed by atoms with E-state index >= 15 is 0 Å². The first-order valence-electron chi connectivity index (χ1n) is 8.94. The van der Waals surface area contributed by atoms with E-state index in [9.17, 15) is 15.3 Å². The molecule has 0 saturated heterocycles. The minimum Gasteiger partial charge on any atom is -0.508 e. The molecule has 0 bridgehead atoms. The van der Waals surface area contributed by atoms with E-state index in [1.807, 2.05) is 13.0 Å². The quantitative estimate of drug-likeness (QED) is 0.393. The molecule has 0 amide bonds. The molecule has 24 heavy (non-hydrogen) atoms. The normalized spacial score (nSPS) is 11.7. The van der Waals surface area contributed by atoms with Gasteiger partial charge in [-0.15, -0.1) is 6.58 Å². The fourth-order valence-corrected chi connectivity index (χ4v) is 2.74. The number of unbranched alkanes of at least 4 members (excludes halogenated alkanes) is 2. The Kier molecular flexibility index (Phi) is 9.24. The summed E-state index contributed by atoms with van der Waals surface area (Å²) in [6.45, 7) is 8.04. The zero-order chi connectivity index (χ0) is 17.9. The predicted molar refractivity (Wildman–Crippen MR) is 101 cm³/mol. The number of benzene rings is 1. The summed E-state index contributed by atoms with van der Waals surface area (Å²) in [7, 11) is 0. The molecule has 0 atom stereocenters. The topological polar surface area (TPSA) is 60.7 Å². The molecule has 0 saturated carbocycles. The van der Waals surface area contributed by atoms with Crippen LogP contribution in [0.1, 0.15) is 63.5 Å². The Labute approximate surface area is 146 Å². The Hall–Kier alpha value is -1.74. The molecule has 0 spiro atoms. The second kappa shape index (κ2) is 10.9. The summed E-state index contributed by atoms with van der Waals surface area (Å²) in [4.78, 5) is 0. The summed E-state index contributed by atoms with van der Waals surface area (Å²) in [6, 6.07) is 3.50. The van der Waals surface area contributed by atoms with Gasteiger partial charge in [-0.25, -0.2) is 0 Å². The molecule has 134 valence electrons. The van der Waals surface area contributed by atoms with Gasteiger partial charge in [0.2, 0.25) is 0 Å². The van der Waals surface area contributed by atoms with Gasteiger partial charge in [0.25, 0.3) is 0 Å². The van der Waals surface area contributed by atoms with Crippen LogP contribution in [0.4, 0.5) is 0 Å². The van der Waals surface area contributed by atoms with Crippen molar-refractivity contribution >= 4 is 0 Å². The van der Waals surface area contributed by atoms with Gasteiger partial charge < -0.3 is 15.3 Å². The molecule has 1 aromatic rings. The first kappa shape index (κ1) is 20.3. The van der Waals surface area contributed by atoms with Crippen molar-refractivity contribution in [2.75, 3.05) is 6.61 Å².